The Labute approximate surface area is 148 Å². The predicted molar refractivity (Wildman–Crippen MR) is 96.2 cm³/mol. The third-order valence-electron chi connectivity index (χ3n) is 2.69. The predicted octanol–water partition coefficient (Wildman–Crippen LogP) is 4.19. The van der Waals surface area contributed by atoms with E-state index in [-0.39, 0.29) is 18.4 Å². The molecule has 0 bridgehead atoms. The highest BCUT2D eigenvalue weighted by Crippen LogP contribution is 2.30. The van der Waals surface area contributed by atoms with Gasteiger partial charge in [-0.25, -0.2) is 0 Å². The fraction of sp³-hybridized carbons (Fsp3) is 0.667. The van der Waals surface area contributed by atoms with Gasteiger partial charge < -0.3 is 9.29 Å². The van der Waals surface area contributed by atoms with E-state index in [0.29, 0.717) is 12.5 Å². The molecule has 0 aliphatic heterocycles. The first-order valence-corrected chi connectivity index (χ1v) is 9.99. The van der Waals surface area contributed by atoms with Gasteiger partial charge in [0.1, 0.15) is 4.75 Å². The van der Waals surface area contributed by atoms with Gasteiger partial charge in [-0.3, -0.25) is 4.79 Å². The molecule has 0 aliphatic carbocycles. The lowest BCUT2D eigenvalue weighted by Gasteiger charge is -2.27. The molecular weight excluding hydrogens is 386 g/mol. The number of rotatable bonds is 7. The summed E-state index contributed by atoms with van der Waals surface area (Å²) in [6.45, 7) is 10.1. The quantitative estimate of drug-likeness (QED) is 0.541. The van der Waals surface area contributed by atoms with Gasteiger partial charge in [0.2, 0.25) is 0 Å². The Bertz CT molecular complexity index is 485. The van der Waals surface area contributed by atoms with Crippen LogP contribution in [0.5, 0.6) is 0 Å². The summed E-state index contributed by atoms with van der Waals surface area (Å²) in [5.74, 6) is 0.0246. The normalized spacial score (nSPS) is 14.9. The van der Waals surface area contributed by atoms with Crippen LogP contribution in [0.4, 0.5) is 0 Å². The van der Waals surface area contributed by atoms with Crippen LogP contribution < -0.4 is 4.72 Å². The lowest BCUT2D eigenvalue weighted by molar-refractivity contribution is -0.145. The monoisotopic (exact) mass is 409 g/mol. The fourth-order valence-electron chi connectivity index (χ4n) is 1.50. The molecule has 0 amide bonds. The van der Waals surface area contributed by atoms with Crippen molar-refractivity contribution in [3.05, 3.63) is 20.8 Å². The van der Waals surface area contributed by atoms with Crippen LogP contribution in [-0.4, -0.2) is 21.9 Å². The summed E-state index contributed by atoms with van der Waals surface area (Å²) in [7, 11) is 0. The molecule has 126 valence electrons. The zero-order valence-electron chi connectivity index (χ0n) is 13.6. The molecule has 1 heterocycles. The van der Waals surface area contributed by atoms with Crippen molar-refractivity contribution >= 4 is 44.6 Å². The van der Waals surface area contributed by atoms with Gasteiger partial charge in [-0.05, 0) is 48.7 Å². The van der Waals surface area contributed by atoms with Crippen molar-refractivity contribution in [3.63, 3.8) is 0 Å². The molecule has 1 aromatic heterocycles. The Morgan fingerprint density at radius 1 is 1.50 bits per heavy atom. The standard InChI is InChI=1S/C15H24BrNO3S2/c1-10(2)8-20-14(18)7-12(13-6-11(16)9-21-13)17-22(19)15(3,4)5/h6,9-10,12,17H,7-8H2,1-5H3. The highest BCUT2D eigenvalue weighted by atomic mass is 79.9. The average Bonchev–Trinajstić information content (AvgIpc) is 2.81. The van der Waals surface area contributed by atoms with Crippen LogP contribution in [-0.2, 0) is 20.9 Å². The Hall–Kier alpha value is -0.0800. The van der Waals surface area contributed by atoms with E-state index in [9.17, 15) is 9.35 Å². The first-order chi connectivity index (χ1) is 10.1. The molecule has 0 saturated carbocycles. The summed E-state index contributed by atoms with van der Waals surface area (Å²) >= 11 is 3.68. The van der Waals surface area contributed by atoms with Crippen molar-refractivity contribution in [1.29, 1.82) is 0 Å². The van der Waals surface area contributed by atoms with Crippen molar-refractivity contribution in [1.82, 2.24) is 4.72 Å². The lowest BCUT2D eigenvalue weighted by Crippen LogP contribution is -2.41. The van der Waals surface area contributed by atoms with Gasteiger partial charge in [0, 0.05) is 26.1 Å². The summed E-state index contributed by atoms with van der Waals surface area (Å²) in [5, 5.41) is 1.95. The zero-order chi connectivity index (χ0) is 16.9. The number of carbonyl (C=O) groups excluding carboxylic acids is 1. The summed E-state index contributed by atoms with van der Waals surface area (Å²) < 4.78 is 21.2. The van der Waals surface area contributed by atoms with Crippen LogP contribution in [0.3, 0.4) is 0 Å². The Morgan fingerprint density at radius 2 is 2.14 bits per heavy atom. The van der Waals surface area contributed by atoms with Gasteiger partial charge >= 0.3 is 5.97 Å². The molecule has 0 spiro atoms. The van der Waals surface area contributed by atoms with Crippen LogP contribution >= 0.6 is 27.3 Å². The van der Waals surface area contributed by atoms with E-state index in [1.807, 2.05) is 46.1 Å². The van der Waals surface area contributed by atoms with Gasteiger partial charge in [0.05, 0.1) is 19.1 Å². The van der Waals surface area contributed by atoms with Crippen molar-refractivity contribution in [2.24, 2.45) is 5.92 Å². The van der Waals surface area contributed by atoms with Gasteiger partial charge in [-0.1, -0.05) is 13.8 Å². The Morgan fingerprint density at radius 3 is 2.59 bits per heavy atom. The van der Waals surface area contributed by atoms with Crippen LogP contribution in [0.15, 0.2) is 15.9 Å². The minimum atomic E-state index is -1.25. The average molecular weight is 410 g/mol. The fourth-order valence-corrected chi connectivity index (χ4v) is 3.90. The maximum Gasteiger partial charge on any atom is 0.307 e. The second-order valence-corrected chi connectivity index (χ2v) is 10.4. The second kappa shape index (κ2) is 8.68. The van der Waals surface area contributed by atoms with Crippen molar-refractivity contribution < 1.29 is 14.1 Å². The molecule has 1 N–H and O–H groups in total. The van der Waals surface area contributed by atoms with Crippen molar-refractivity contribution in [2.75, 3.05) is 6.61 Å². The second-order valence-electron chi connectivity index (χ2n) is 6.50. The molecule has 22 heavy (non-hydrogen) atoms. The first kappa shape index (κ1) is 20.0. The highest BCUT2D eigenvalue weighted by molar-refractivity contribution is 9.10. The molecule has 7 heteroatoms. The number of ether oxygens (including phenoxy) is 1. The van der Waals surface area contributed by atoms with Crippen molar-refractivity contribution in [2.45, 2.75) is 51.8 Å². The number of halogens is 1. The van der Waals surface area contributed by atoms with E-state index in [4.69, 9.17) is 4.74 Å². The minimum absolute atomic E-state index is 0.168. The van der Waals surface area contributed by atoms with E-state index in [0.717, 1.165) is 9.35 Å². The van der Waals surface area contributed by atoms with Gasteiger partial charge in [-0.2, -0.15) is 0 Å². The molecule has 0 aliphatic rings. The number of carbonyl (C=O) groups is 1. The summed E-state index contributed by atoms with van der Waals surface area (Å²) in [4.78, 5) is 13.0. The third-order valence-corrected chi connectivity index (χ3v) is 6.10. The maximum absolute atomic E-state index is 12.3. The molecule has 4 nitrogen and oxygen atoms in total. The van der Waals surface area contributed by atoms with Crippen LogP contribution in [0, 0.1) is 5.92 Å². The maximum atomic E-state index is 12.3. The lowest BCUT2D eigenvalue weighted by atomic mass is 10.2. The summed E-state index contributed by atoms with van der Waals surface area (Å²) in [6.07, 6.45) is 0.168. The topological polar surface area (TPSA) is 61.4 Å². The molecule has 0 fully saturated rings. The molecule has 0 aromatic carbocycles. The number of thiophene rings is 1. The Balaban J connectivity index is 2.77. The third kappa shape index (κ3) is 7.00. The number of esters is 1. The smallest absolute Gasteiger partial charge is 0.307 e. The minimum Gasteiger partial charge on any atom is -0.598 e. The van der Waals surface area contributed by atoms with Gasteiger partial charge in [0.25, 0.3) is 0 Å². The number of hydrogen-bond acceptors (Lipinski definition) is 5. The summed E-state index contributed by atoms with van der Waals surface area (Å²) in [5.41, 5.74) is 0. The van der Waals surface area contributed by atoms with Gasteiger partial charge in [-0.15, -0.1) is 16.1 Å². The molecule has 2 atom stereocenters. The van der Waals surface area contributed by atoms with Gasteiger partial charge in [0.15, 0.2) is 0 Å². The van der Waals surface area contributed by atoms with E-state index >= 15 is 0 Å². The molecular formula is C15H24BrNO3S2. The number of hydrogen-bond donors (Lipinski definition) is 1. The zero-order valence-corrected chi connectivity index (χ0v) is 16.9. The van der Waals surface area contributed by atoms with Crippen molar-refractivity contribution in [3.8, 4) is 0 Å². The summed E-state index contributed by atoms with van der Waals surface area (Å²) in [6, 6.07) is 1.63. The van der Waals surface area contributed by atoms with Crippen LogP contribution in [0.2, 0.25) is 0 Å². The van der Waals surface area contributed by atoms with E-state index in [1.54, 1.807) is 0 Å². The van der Waals surface area contributed by atoms with E-state index in [2.05, 4.69) is 20.7 Å². The number of nitrogens with one attached hydrogen (secondary N) is 1. The van der Waals surface area contributed by atoms with E-state index < -0.39 is 16.1 Å². The van der Waals surface area contributed by atoms with Crippen LogP contribution in [0.25, 0.3) is 0 Å². The molecule has 0 radical (unpaired) electrons. The molecule has 0 saturated heterocycles. The highest BCUT2D eigenvalue weighted by Gasteiger charge is 2.31. The van der Waals surface area contributed by atoms with E-state index in [1.165, 1.54) is 11.3 Å². The van der Waals surface area contributed by atoms with Crippen LogP contribution in [0.1, 0.15) is 52.0 Å². The molecule has 2 unspecified atom stereocenters. The molecule has 1 aromatic rings. The Kier molecular flexibility index (Phi) is 7.88. The largest absolute Gasteiger partial charge is 0.598 e. The SMILES string of the molecule is CC(C)COC(=O)CC(N[S+]([O-])C(C)(C)C)c1cc(Br)cs1. The first-order valence-electron chi connectivity index (χ1n) is 7.17. The molecule has 1 rings (SSSR count).